The average Bonchev–Trinajstić information content (AvgIpc) is 2.04. The molecule has 1 rings (SSSR count). The fraction of sp³-hybridized carbons (Fsp3) is 0.143. The van der Waals surface area contributed by atoms with Crippen LogP contribution in [0.5, 0.6) is 5.75 Å². The van der Waals surface area contributed by atoms with Gasteiger partial charge in [-0.1, -0.05) is 11.6 Å². The smallest absolute Gasteiger partial charge is 0.186 e. The van der Waals surface area contributed by atoms with E-state index in [0.717, 1.165) is 0 Å². The number of hydrogen-bond acceptors (Lipinski definition) is 2. The summed E-state index contributed by atoms with van der Waals surface area (Å²) in [7, 11) is 1.48. The second kappa shape index (κ2) is 6.01. The zero-order valence-corrected chi connectivity index (χ0v) is 10.9. The van der Waals surface area contributed by atoms with E-state index in [9.17, 15) is 4.21 Å². The average molecular weight is 230 g/mol. The minimum absolute atomic E-state index is 0. The van der Waals surface area contributed by atoms with E-state index in [1.54, 1.807) is 6.07 Å². The summed E-state index contributed by atoms with van der Waals surface area (Å²) in [5.41, 5.74) is 0. The largest absolute Gasteiger partial charge is 0.495 e. The Morgan fingerprint density at radius 1 is 1.54 bits per heavy atom. The van der Waals surface area contributed by atoms with Crippen molar-refractivity contribution in [3.8, 4) is 5.75 Å². The second-order valence-electron chi connectivity index (χ2n) is 2.05. The Kier molecular flexibility index (Phi) is 6.20. The first kappa shape index (κ1) is 13.4. The van der Waals surface area contributed by atoms with E-state index in [-0.39, 0.29) is 34.5 Å². The second-order valence-corrected chi connectivity index (χ2v) is 3.42. The molecule has 0 saturated heterocycles. The van der Waals surface area contributed by atoms with Gasteiger partial charge in [0.1, 0.15) is 5.75 Å². The van der Waals surface area contributed by atoms with Gasteiger partial charge in [-0.15, -0.1) is 0 Å². The monoisotopic (exact) mass is 229 g/mol. The summed E-state index contributed by atoms with van der Waals surface area (Å²) in [6.07, 6.45) is 0. The molecule has 1 radical (unpaired) electrons. The molecule has 1 aromatic carbocycles. The quantitative estimate of drug-likeness (QED) is 0.618. The molecule has 0 aliphatic carbocycles. The van der Waals surface area contributed by atoms with E-state index in [0.29, 0.717) is 10.8 Å². The van der Waals surface area contributed by atoms with Gasteiger partial charge in [-0.3, -0.25) is 0 Å². The van der Waals surface area contributed by atoms with E-state index in [1.807, 2.05) is 0 Å². The van der Waals surface area contributed by atoms with Crippen LogP contribution in [-0.4, -0.2) is 45.4 Å². The molecule has 1 N–H and O–H groups in total. The van der Waals surface area contributed by atoms with E-state index >= 15 is 0 Å². The summed E-state index contributed by atoms with van der Waals surface area (Å²) in [5.74, 6) is 0.492. The van der Waals surface area contributed by atoms with Crippen LogP contribution in [0.4, 0.5) is 0 Å². The number of ether oxygens (including phenoxy) is 1. The number of benzene rings is 1. The van der Waals surface area contributed by atoms with Crippen LogP contribution in [0, 0.1) is 0 Å². The van der Waals surface area contributed by atoms with Gasteiger partial charge >= 0.3 is 0 Å². The molecule has 0 aromatic heterocycles. The van der Waals surface area contributed by atoms with E-state index in [4.69, 9.17) is 20.9 Å². The SMILES string of the molecule is COc1ccc(S(=O)O)cc1Cl.[Na]. The molecular formula is C7H7ClNaO3S. The number of methoxy groups -OCH3 is 1. The molecule has 1 aromatic rings. The zero-order chi connectivity index (χ0) is 9.14. The van der Waals surface area contributed by atoms with E-state index < -0.39 is 11.1 Å². The molecule has 0 aliphatic rings. The Morgan fingerprint density at radius 3 is 2.54 bits per heavy atom. The van der Waals surface area contributed by atoms with Crippen molar-refractivity contribution in [3.05, 3.63) is 23.2 Å². The molecule has 13 heavy (non-hydrogen) atoms. The van der Waals surface area contributed by atoms with Crippen molar-refractivity contribution in [1.82, 2.24) is 0 Å². The first-order chi connectivity index (χ1) is 5.65. The van der Waals surface area contributed by atoms with Gasteiger partial charge in [0.15, 0.2) is 11.1 Å². The van der Waals surface area contributed by atoms with Gasteiger partial charge in [-0.25, -0.2) is 4.21 Å². The van der Waals surface area contributed by atoms with Crippen molar-refractivity contribution >= 4 is 52.2 Å². The van der Waals surface area contributed by atoms with Gasteiger partial charge in [0, 0.05) is 29.6 Å². The van der Waals surface area contributed by atoms with Crippen LogP contribution >= 0.6 is 11.6 Å². The third-order valence-electron chi connectivity index (χ3n) is 1.32. The minimum atomic E-state index is -1.99. The summed E-state index contributed by atoms with van der Waals surface area (Å²) >= 11 is 3.71. The molecule has 3 nitrogen and oxygen atoms in total. The number of halogens is 1. The Balaban J connectivity index is 0.00000144. The van der Waals surface area contributed by atoms with Crippen molar-refractivity contribution in [2.75, 3.05) is 7.11 Å². The summed E-state index contributed by atoms with van der Waals surface area (Å²) in [6.45, 7) is 0. The molecule has 0 spiro atoms. The number of hydrogen-bond donors (Lipinski definition) is 1. The maximum absolute atomic E-state index is 10.6. The van der Waals surface area contributed by atoms with Crippen molar-refractivity contribution in [2.24, 2.45) is 0 Å². The van der Waals surface area contributed by atoms with Gasteiger partial charge in [-0.05, 0) is 18.2 Å². The van der Waals surface area contributed by atoms with E-state index in [2.05, 4.69) is 0 Å². The van der Waals surface area contributed by atoms with Gasteiger partial charge < -0.3 is 9.29 Å². The first-order valence-electron chi connectivity index (χ1n) is 3.09. The molecule has 0 bridgehead atoms. The molecule has 0 saturated carbocycles. The molecule has 0 fully saturated rings. The summed E-state index contributed by atoms with van der Waals surface area (Å²) in [5, 5.41) is 0.331. The Bertz CT molecular complexity index is 319. The van der Waals surface area contributed by atoms with Crippen molar-refractivity contribution in [3.63, 3.8) is 0 Å². The molecule has 0 heterocycles. The summed E-state index contributed by atoms with van der Waals surface area (Å²) in [6, 6.07) is 4.43. The predicted octanol–water partition coefficient (Wildman–Crippen LogP) is 1.55. The van der Waals surface area contributed by atoms with Gasteiger partial charge in [0.05, 0.1) is 17.0 Å². The molecule has 0 aliphatic heterocycles. The molecule has 0 amide bonds. The van der Waals surface area contributed by atoms with E-state index in [1.165, 1.54) is 19.2 Å². The van der Waals surface area contributed by atoms with Crippen LogP contribution in [0.3, 0.4) is 0 Å². The first-order valence-corrected chi connectivity index (χ1v) is 4.58. The van der Waals surface area contributed by atoms with Crippen LogP contribution < -0.4 is 4.74 Å². The van der Waals surface area contributed by atoms with Gasteiger partial charge in [0.25, 0.3) is 0 Å². The zero-order valence-electron chi connectivity index (χ0n) is 7.28. The third-order valence-corrected chi connectivity index (χ3v) is 2.28. The van der Waals surface area contributed by atoms with Gasteiger partial charge in [-0.2, -0.15) is 0 Å². The Hall–Kier alpha value is 0.420. The summed E-state index contributed by atoms with van der Waals surface area (Å²) in [4.78, 5) is 0.265. The van der Waals surface area contributed by atoms with Crippen molar-refractivity contribution in [2.45, 2.75) is 4.90 Å². The van der Waals surface area contributed by atoms with Gasteiger partial charge in [0.2, 0.25) is 0 Å². The minimum Gasteiger partial charge on any atom is -0.495 e. The molecule has 67 valence electrons. The Morgan fingerprint density at radius 2 is 2.15 bits per heavy atom. The standard InChI is InChI=1S/C7H7ClO3S.Na/c1-11-7-3-2-5(12(9)10)4-6(7)8;/h2-4H,1H3,(H,9,10);. The summed E-state index contributed by atoms with van der Waals surface area (Å²) < 4.78 is 24.1. The molecule has 6 heteroatoms. The normalized spacial score (nSPS) is 11.6. The van der Waals surface area contributed by atoms with Crippen LogP contribution in [0.15, 0.2) is 23.1 Å². The van der Waals surface area contributed by atoms with Crippen LogP contribution in [0.2, 0.25) is 5.02 Å². The molecular weight excluding hydrogens is 223 g/mol. The fourth-order valence-corrected chi connectivity index (χ4v) is 1.48. The molecule has 1 unspecified atom stereocenters. The van der Waals surface area contributed by atoms with Crippen molar-refractivity contribution < 1.29 is 13.5 Å². The van der Waals surface area contributed by atoms with Crippen LogP contribution in [0.1, 0.15) is 0 Å². The topological polar surface area (TPSA) is 46.5 Å². The maximum atomic E-state index is 10.6. The predicted molar refractivity (Wildman–Crippen MR) is 52.8 cm³/mol. The maximum Gasteiger partial charge on any atom is 0.186 e. The molecule has 1 atom stereocenters. The van der Waals surface area contributed by atoms with Crippen molar-refractivity contribution in [1.29, 1.82) is 0 Å². The third kappa shape index (κ3) is 3.58. The fourth-order valence-electron chi connectivity index (χ4n) is 0.756. The number of rotatable bonds is 2. The van der Waals surface area contributed by atoms with Crippen LogP contribution in [0.25, 0.3) is 0 Å². The van der Waals surface area contributed by atoms with Crippen LogP contribution in [-0.2, 0) is 11.1 Å². The Labute approximate surface area is 106 Å².